The van der Waals surface area contributed by atoms with E-state index in [1.807, 2.05) is 56.3 Å². The number of hydrogen-bond acceptors (Lipinski definition) is 18. The number of fused-ring (bicyclic) bond motifs is 2. The van der Waals surface area contributed by atoms with Crippen LogP contribution in [0.4, 0.5) is 4.79 Å². The molecule has 86 heavy (non-hydrogen) atoms. The SMILES string of the molecule is C=C[C@@H]1C[C@]1(CC(=O)[C@@H]1C[C@@H](Oc2nccc3cc(OC)ccc23)CN1)C(=O)NS(=O)(=O)C1CC1.C=C[C@@H]1C[C@]1(CC(=O)[C@@H]1C[C@@H](Oc2nccc3cc(OC)ccc23)CN1C(=O)C([C@@H](C)CC)N(C)C(=O)OC(C)(C)C)C(=O)NS(=O)(=O)C1CC1. The van der Waals surface area contributed by atoms with Gasteiger partial charge in [-0.05, 0) is 136 Å². The first-order chi connectivity index (χ1) is 40.7. The van der Waals surface area contributed by atoms with Crippen molar-refractivity contribution in [2.24, 2.45) is 28.6 Å². The molecule has 2 aromatic carbocycles. The van der Waals surface area contributed by atoms with Gasteiger partial charge in [-0.25, -0.2) is 31.6 Å². The summed E-state index contributed by atoms with van der Waals surface area (Å²) < 4.78 is 83.2. The van der Waals surface area contributed by atoms with Gasteiger partial charge in [0.15, 0.2) is 11.6 Å². The van der Waals surface area contributed by atoms with Crippen LogP contribution in [0.25, 0.3) is 21.5 Å². The van der Waals surface area contributed by atoms with Gasteiger partial charge < -0.3 is 33.9 Å². The minimum absolute atomic E-state index is 0.0126. The zero-order valence-electron chi connectivity index (χ0n) is 50.0. The Morgan fingerprint density at radius 2 is 1.24 bits per heavy atom. The highest BCUT2D eigenvalue weighted by molar-refractivity contribution is 7.91. The van der Waals surface area contributed by atoms with Gasteiger partial charge in [-0.1, -0.05) is 32.4 Å². The molecule has 22 nitrogen and oxygen atoms in total. The largest absolute Gasteiger partial charge is 0.497 e. The number of sulfonamides is 2. The quantitative estimate of drug-likeness (QED) is 0.0612. The minimum Gasteiger partial charge on any atom is -0.497 e. The Morgan fingerprint density at radius 3 is 1.69 bits per heavy atom. The number of nitrogens with zero attached hydrogens (tertiary/aromatic N) is 4. The highest BCUT2D eigenvalue weighted by Crippen LogP contribution is 2.58. The Bertz CT molecular complexity index is 3550. The number of aromatic nitrogens is 2. The molecule has 0 spiro atoms. The van der Waals surface area contributed by atoms with Crippen LogP contribution in [-0.2, 0) is 48.8 Å². The van der Waals surface area contributed by atoms with Gasteiger partial charge in [0.05, 0.1) is 54.2 Å². The number of ketones is 2. The maximum atomic E-state index is 14.6. The first-order valence-corrected chi connectivity index (χ1v) is 32.4. The molecular formula is C62H79N7O15S2. The minimum atomic E-state index is -3.85. The monoisotopic (exact) mass is 1230 g/mol. The van der Waals surface area contributed by atoms with E-state index < -0.39 is 107 Å². The van der Waals surface area contributed by atoms with Crippen LogP contribution in [0.3, 0.4) is 0 Å². The van der Waals surface area contributed by atoms with E-state index in [9.17, 15) is 45.6 Å². The standard InChI is InChI=1S/C37H50N4O9S.C25H29N3O6S/c1-9-22(3)31(40(7)35(45)50-36(4,5)6)33(43)41-21-26(49-32-28-14-11-25(48-8)17-23(28)15-16-38-32)18-29(41)30(42)20-37(19-24(37)10-2)34(44)39-51(46,47)27-12-13-27;1-3-16-12-25(16,24(30)28-35(31,32)19-5-6-19)13-22(29)21-11-18(14-27-21)34-23-20-7-4-17(33-2)10-15(20)8-9-26-23/h10-11,14-17,22,24,26-27,29,31H,2,9,12-13,18-21H2,1,3-8H3,(H,39,44);3-4,7-10,16,18-19,21,27H,1,5-6,11-14H2,2H3,(H,28,30)/t22-,24+,26+,29-,31?,37+;16-,18-,21+,25-/m01/s1. The molecule has 0 bridgehead atoms. The fourth-order valence-electron chi connectivity index (χ4n) is 11.7. The lowest BCUT2D eigenvalue weighted by molar-refractivity contribution is -0.144. The van der Waals surface area contributed by atoms with Gasteiger partial charge >= 0.3 is 6.09 Å². The Kier molecular flexibility index (Phi) is 18.3. The van der Waals surface area contributed by atoms with Gasteiger partial charge in [0.25, 0.3) is 0 Å². The summed E-state index contributed by atoms with van der Waals surface area (Å²) >= 11 is 0. The fraction of sp³-hybridized carbons (Fsp3) is 0.548. The lowest BCUT2D eigenvalue weighted by Gasteiger charge is -2.36. The summed E-state index contributed by atoms with van der Waals surface area (Å²) in [6, 6.07) is 12.3. The summed E-state index contributed by atoms with van der Waals surface area (Å²) in [6.07, 6.45) is 8.39. The smallest absolute Gasteiger partial charge is 0.410 e. The van der Waals surface area contributed by atoms with E-state index in [0.29, 0.717) is 74.4 Å². The van der Waals surface area contributed by atoms with Crippen molar-refractivity contribution in [3.8, 4) is 23.3 Å². The van der Waals surface area contributed by atoms with Crippen molar-refractivity contribution in [3.63, 3.8) is 0 Å². The average molecular weight is 1230 g/mol. The molecule has 4 aliphatic carbocycles. The second kappa shape index (κ2) is 24.9. The van der Waals surface area contributed by atoms with Crippen LogP contribution >= 0.6 is 0 Å². The van der Waals surface area contributed by atoms with Crippen molar-refractivity contribution >= 4 is 77.0 Å². The maximum absolute atomic E-state index is 14.6. The van der Waals surface area contributed by atoms with Crippen LogP contribution in [0.15, 0.2) is 86.2 Å². The van der Waals surface area contributed by atoms with Crippen molar-refractivity contribution in [2.75, 3.05) is 34.4 Å². The van der Waals surface area contributed by atoms with E-state index >= 15 is 0 Å². The Labute approximate surface area is 502 Å². The lowest BCUT2D eigenvalue weighted by Crippen LogP contribution is -2.55. The van der Waals surface area contributed by atoms with Gasteiger partial charge in [-0.3, -0.25) is 38.3 Å². The number of ether oxygens (including phenoxy) is 5. The number of rotatable bonds is 24. The highest BCUT2D eigenvalue weighted by Gasteiger charge is 2.63. The number of amides is 4. The number of Topliss-reactive ketones (excluding diaryl/α,β-unsaturated/α-hetero) is 2. The van der Waals surface area contributed by atoms with Gasteiger partial charge in [0.2, 0.25) is 49.5 Å². The number of likely N-dealkylation sites (tertiary alicyclic amines) is 1. The number of benzene rings is 2. The van der Waals surface area contributed by atoms with Crippen LogP contribution in [0, 0.1) is 28.6 Å². The second-order valence-electron chi connectivity index (χ2n) is 24.8. The summed E-state index contributed by atoms with van der Waals surface area (Å²) in [6.45, 7) is 17.0. The van der Waals surface area contributed by atoms with Crippen molar-refractivity contribution in [1.82, 2.24) is 34.5 Å². The van der Waals surface area contributed by atoms with Crippen LogP contribution in [0.2, 0.25) is 0 Å². The highest BCUT2D eigenvalue weighted by atomic mass is 32.2. The molecule has 2 aliphatic heterocycles. The molecular weight excluding hydrogens is 1150 g/mol. The molecule has 6 aliphatic rings. The lowest BCUT2D eigenvalue weighted by atomic mass is 9.91. The average Bonchev–Trinajstić information content (AvgIpc) is 1.73. The van der Waals surface area contributed by atoms with Gasteiger partial charge in [-0.2, -0.15) is 0 Å². The molecule has 24 heteroatoms. The van der Waals surface area contributed by atoms with Crippen LogP contribution < -0.4 is 33.7 Å². The summed E-state index contributed by atoms with van der Waals surface area (Å²) in [5.74, 6) is -1.04. The zero-order chi connectivity index (χ0) is 62.3. The van der Waals surface area contributed by atoms with E-state index in [1.165, 1.54) is 16.8 Å². The van der Waals surface area contributed by atoms with E-state index in [4.69, 9.17) is 23.7 Å². The van der Waals surface area contributed by atoms with Crippen LogP contribution in [-0.4, -0.2) is 153 Å². The first-order valence-electron chi connectivity index (χ1n) is 29.3. The number of allylic oxidation sites excluding steroid dienone is 2. The van der Waals surface area contributed by atoms with Crippen molar-refractivity contribution < 1.29 is 69.3 Å². The first kappa shape index (κ1) is 63.3. The molecule has 3 N–H and O–H groups in total. The molecule has 4 amide bonds. The number of pyridine rings is 2. The molecule has 10 rings (SSSR count). The summed E-state index contributed by atoms with van der Waals surface area (Å²) in [5, 5.41) is 5.41. The molecule has 2 saturated heterocycles. The predicted molar refractivity (Wildman–Crippen MR) is 320 cm³/mol. The fourth-order valence-corrected chi connectivity index (χ4v) is 14.5. The van der Waals surface area contributed by atoms with Crippen LogP contribution in [0.1, 0.15) is 105 Å². The third-order valence-electron chi connectivity index (χ3n) is 17.5. The van der Waals surface area contributed by atoms with Crippen molar-refractivity contribution in [3.05, 3.63) is 86.2 Å². The van der Waals surface area contributed by atoms with E-state index in [1.54, 1.807) is 65.6 Å². The Hall–Kier alpha value is -7.18. The zero-order valence-corrected chi connectivity index (χ0v) is 51.7. The Balaban J connectivity index is 0.000000220. The molecule has 6 fully saturated rings. The molecule has 464 valence electrons. The third-order valence-corrected chi connectivity index (χ3v) is 21.1. The van der Waals surface area contributed by atoms with Gasteiger partial charge in [0.1, 0.15) is 35.3 Å². The van der Waals surface area contributed by atoms with Gasteiger partial charge in [0, 0.05) is 62.4 Å². The topological polar surface area (TPSA) is 285 Å². The molecule has 2 aromatic heterocycles. The summed E-state index contributed by atoms with van der Waals surface area (Å²) in [5.41, 5.74) is -3.14. The Morgan fingerprint density at radius 1 is 0.756 bits per heavy atom. The molecule has 4 saturated carbocycles. The number of carbonyl (C=O) groups is 6. The maximum Gasteiger partial charge on any atom is 0.410 e. The third kappa shape index (κ3) is 13.8. The van der Waals surface area contributed by atoms with Crippen molar-refractivity contribution in [1.29, 1.82) is 0 Å². The number of hydrogen-bond donors (Lipinski definition) is 3. The molecule has 4 aromatic rings. The molecule has 4 heterocycles. The predicted octanol–water partition coefficient (Wildman–Crippen LogP) is 6.75. The number of carbonyl (C=O) groups excluding carboxylic acids is 6. The summed E-state index contributed by atoms with van der Waals surface area (Å²) in [4.78, 5) is 93.4. The normalized spacial score (nSPS) is 25.7. The number of likely N-dealkylation sites (N-methyl/N-ethyl adjacent to an activating group) is 1. The number of nitrogens with one attached hydrogen (secondary N) is 3. The number of methoxy groups -OCH3 is 2. The van der Waals surface area contributed by atoms with E-state index in [-0.39, 0.29) is 56.0 Å². The van der Waals surface area contributed by atoms with Crippen LogP contribution in [0.5, 0.6) is 23.3 Å². The second-order valence-corrected chi connectivity index (χ2v) is 28.7. The van der Waals surface area contributed by atoms with Gasteiger partial charge in [-0.15, -0.1) is 13.2 Å². The van der Waals surface area contributed by atoms with E-state index in [0.717, 1.165) is 21.9 Å². The van der Waals surface area contributed by atoms with Crippen molar-refractivity contribution in [2.45, 2.75) is 152 Å². The van der Waals surface area contributed by atoms with E-state index in [2.05, 4.69) is 37.9 Å². The summed E-state index contributed by atoms with van der Waals surface area (Å²) in [7, 11) is -2.83. The molecule has 1 unspecified atom stereocenters. The molecule has 10 atom stereocenters. The molecule has 0 radical (unpaired) electrons.